The molecule has 45 heavy (non-hydrogen) atoms. The second-order valence-corrected chi connectivity index (χ2v) is 12.5. The molecule has 12 nitrogen and oxygen atoms in total. The molecule has 1 atom stereocenters. The zero-order chi connectivity index (χ0) is 32.9. The van der Waals surface area contributed by atoms with Gasteiger partial charge in [0.2, 0.25) is 5.95 Å². The van der Waals surface area contributed by atoms with Crippen LogP contribution in [0.15, 0.2) is 60.8 Å². The van der Waals surface area contributed by atoms with Crippen molar-refractivity contribution >= 4 is 30.2 Å². The van der Waals surface area contributed by atoms with Gasteiger partial charge in [-0.1, -0.05) is 48.5 Å². The van der Waals surface area contributed by atoms with E-state index in [1.165, 1.54) is 12.3 Å². The number of hydrogen-bond donors (Lipinski definition) is 2. The van der Waals surface area contributed by atoms with Crippen LogP contribution < -0.4 is 10.2 Å². The number of benzene rings is 2. The van der Waals surface area contributed by atoms with Crippen LogP contribution in [0.2, 0.25) is 0 Å². The molecule has 3 aromatic rings. The van der Waals surface area contributed by atoms with Gasteiger partial charge in [-0.05, 0) is 82.7 Å². The van der Waals surface area contributed by atoms with Crippen LogP contribution in [0.25, 0.3) is 11.1 Å². The molecule has 12 heteroatoms. The molecule has 1 aromatic heterocycles. The fraction of sp³-hybridized carbons (Fsp3) is 0.394. The molecule has 1 aliphatic carbocycles. The third-order valence-electron chi connectivity index (χ3n) is 6.68. The molecule has 1 heterocycles. The van der Waals surface area contributed by atoms with E-state index >= 15 is 0 Å². The van der Waals surface area contributed by atoms with Crippen LogP contribution in [0.3, 0.4) is 0 Å². The summed E-state index contributed by atoms with van der Waals surface area (Å²) in [7, 11) is 0. The minimum absolute atomic E-state index is 0.0344. The number of rotatable bonds is 8. The highest BCUT2D eigenvalue weighted by Crippen LogP contribution is 2.44. The van der Waals surface area contributed by atoms with Gasteiger partial charge in [0.15, 0.2) is 0 Å². The van der Waals surface area contributed by atoms with Crippen LogP contribution in [0, 0.1) is 0 Å². The Kier molecular flexibility index (Phi) is 9.75. The van der Waals surface area contributed by atoms with E-state index in [1.54, 1.807) is 41.5 Å². The Balaban J connectivity index is 1.42. The molecule has 2 N–H and O–H groups in total. The number of aryl methyl sites for hydroxylation is 1. The third kappa shape index (κ3) is 8.55. The van der Waals surface area contributed by atoms with Crippen molar-refractivity contribution in [2.45, 2.75) is 77.5 Å². The van der Waals surface area contributed by atoms with E-state index in [4.69, 9.17) is 14.2 Å². The zero-order valence-electron chi connectivity index (χ0n) is 26.2. The number of nitrogens with one attached hydrogen (secondary N) is 1. The summed E-state index contributed by atoms with van der Waals surface area (Å²) in [6.07, 6.45) is -1.60. The second-order valence-electron chi connectivity index (χ2n) is 12.5. The number of amides is 3. The summed E-state index contributed by atoms with van der Waals surface area (Å²) in [6, 6.07) is 16.0. The van der Waals surface area contributed by atoms with E-state index in [-0.39, 0.29) is 31.3 Å². The van der Waals surface area contributed by atoms with Gasteiger partial charge in [-0.25, -0.2) is 29.1 Å². The number of carboxylic acid groups (broad SMARTS) is 1. The number of anilines is 1. The summed E-state index contributed by atoms with van der Waals surface area (Å²) in [6.45, 7) is 9.90. The summed E-state index contributed by atoms with van der Waals surface area (Å²) in [4.78, 5) is 59.6. The number of carbonyl (C=O) groups excluding carboxylic acids is 3. The molecule has 4 rings (SSSR count). The number of aromatic nitrogens is 2. The lowest BCUT2D eigenvalue weighted by molar-refractivity contribution is -0.139. The number of nitrogens with zero attached hydrogens (tertiary/aromatic N) is 3. The van der Waals surface area contributed by atoms with Gasteiger partial charge in [0.1, 0.15) is 23.9 Å². The highest BCUT2D eigenvalue weighted by molar-refractivity contribution is 6.08. The maximum Gasteiger partial charge on any atom is 0.427 e. The standard InChI is InChI=1S/C33H38N4O8/c1-32(2,3)44-30(41)37(31(42)45-33(4,5)6)28-34-18-17-20(35-28)15-16-26(27(38)39)36-29(40)43-19-25-23-13-9-7-11-21(23)22-12-8-10-14-24(22)25/h7-14,17-18,25-26H,15-16,19H2,1-6H3,(H,36,40)(H,38,39)/t26-/m0/s1. The maximum absolute atomic E-state index is 13.0. The number of alkyl carbamates (subject to hydrolysis) is 1. The molecule has 2 aromatic carbocycles. The Bertz CT molecular complexity index is 1500. The molecule has 3 amide bonds. The Morgan fingerprint density at radius 2 is 1.40 bits per heavy atom. The quantitative estimate of drug-likeness (QED) is 0.284. The second kappa shape index (κ2) is 13.3. The van der Waals surface area contributed by atoms with Crippen molar-refractivity contribution in [2.75, 3.05) is 11.5 Å². The number of fused-ring (bicyclic) bond motifs is 3. The van der Waals surface area contributed by atoms with E-state index in [0.717, 1.165) is 22.3 Å². The first-order chi connectivity index (χ1) is 21.1. The van der Waals surface area contributed by atoms with Gasteiger partial charge < -0.3 is 24.6 Å². The maximum atomic E-state index is 13.0. The van der Waals surface area contributed by atoms with Gasteiger partial charge in [-0.2, -0.15) is 0 Å². The van der Waals surface area contributed by atoms with Crippen LogP contribution in [0.4, 0.5) is 20.3 Å². The van der Waals surface area contributed by atoms with Gasteiger partial charge in [-0.3, -0.25) is 0 Å². The van der Waals surface area contributed by atoms with Crippen molar-refractivity contribution in [3.05, 3.63) is 77.6 Å². The first kappa shape index (κ1) is 32.9. The third-order valence-corrected chi connectivity index (χ3v) is 6.68. The molecule has 0 aliphatic heterocycles. The van der Waals surface area contributed by atoms with Crippen LogP contribution >= 0.6 is 0 Å². The normalized spacial score (nSPS) is 13.2. The molecule has 1 aliphatic rings. The fourth-order valence-corrected chi connectivity index (χ4v) is 4.82. The fourth-order valence-electron chi connectivity index (χ4n) is 4.82. The van der Waals surface area contributed by atoms with Gasteiger partial charge in [0.05, 0.1) is 0 Å². The van der Waals surface area contributed by atoms with Gasteiger partial charge in [-0.15, -0.1) is 4.90 Å². The van der Waals surface area contributed by atoms with E-state index in [1.807, 2.05) is 48.5 Å². The molecule has 238 valence electrons. The van der Waals surface area contributed by atoms with Gasteiger partial charge in [0.25, 0.3) is 0 Å². The minimum atomic E-state index is -1.30. The highest BCUT2D eigenvalue weighted by atomic mass is 16.6. The lowest BCUT2D eigenvalue weighted by atomic mass is 9.98. The number of ether oxygens (including phenoxy) is 3. The zero-order valence-corrected chi connectivity index (χ0v) is 26.2. The lowest BCUT2D eigenvalue weighted by Gasteiger charge is -2.27. The lowest BCUT2D eigenvalue weighted by Crippen LogP contribution is -2.44. The van der Waals surface area contributed by atoms with Crippen LogP contribution in [0.5, 0.6) is 0 Å². The summed E-state index contributed by atoms with van der Waals surface area (Å²) >= 11 is 0. The van der Waals surface area contributed by atoms with E-state index < -0.39 is 41.5 Å². The average Bonchev–Trinajstić information content (AvgIpc) is 3.26. The van der Waals surface area contributed by atoms with Gasteiger partial charge >= 0.3 is 24.2 Å². The molecule has 0 radical (unpaired) electrons. The molecule has 0 unspecified atom stereocenters. The summed E-state index contributed by atoms with van der Waals surface area (Å²) < 4.78 is 16.2. The summed E-state index contributed by atoms with van der Waals surface area (Å²) in [5.74, 6) is -1.74. The SMILES string of the molecule is CC(C)(C)OC(=O)N(C(=O)OC(C)(C)C)c1nccc(CC[C@H](NC(=O)OCC2c3ccccc3-c3ccccc32)C(=O)O)n1. The van der Waals surface area contributed by atoms with Crippen LogP contribution in [-0.4, -0.2) is 63.2 Å². The van der Waals surface area contributed by atoms with Crippen molar-refractivity contribution < 1.29 is 38.5 Å². The van der Waals surface area contributed by atoms with E-state index in [9.17, 15) is 24.3 Å². The van der Waals surface area contributed by atoms with Crippen molar-refractivity contribution in [3.63, 3.8) is 0 Å². The minimum Gasteiger partial charge on any atom is -0.480 e. The Morgan fingerprint density at radius 1 is 0.867 bits per heavy atom. The summed E-state index contributed by atoms with van der Waals surface area (Å²) in [5.41, 5.74) is 2.69. The van der Waals surface area contributed by atoms with E-state index in [0.29, 0.717) is 10.6 Å². The smallest absolute Gasteiger partial charge is 0.427 e. The first-order valence-corrected chi connectivity index (χ1v) is 14.6. The molecular formula is C33H38N4O8. The first-order valence-electron chi connectivity index (χ1n) is 14.6. The number of hydrogen-bond acceptors (Lipinski definition) is 9. The Morgan fingerprint density at radius 3 is 1.91 bits per heavy atom. The van der Waals surface area contributed by atoms with Crippen molar-refractivity contribution in [1.82, 2.24) is 15.3 Å². The molecule has 0 fully saturated rings. The Hall–Kier alpha value is -5.00. The van der Waals surface area contributed by atoms with Crippen LogP contribution in [0.1, 0.15) is 70.7 Å². The predicted molar refractivity (Wildman–Crippen MR) is 165 cm³/mol. The van der Waals surface area contributed by atoms with Crippen molar-refractivity contribution in [2.24, 2.45) is 0 Å². The summed E-state index contributed by atoms with van der Waals surface area (Å²) in [5, 5.41) is 12.2. The van der Waals surface area contributed by atoms with E-state index in [2.05, 4.69) is 15.3 Å². The van der Waals surface area contributed by atoms with Crippen molar-refractivity contribution in [1.29, 1.82) is 0 Å². The molecule has 0 bridgehead atoms. The topological polar surface area (TPSA) is 157 Å². The molecule has 0 spiro atoms. The number of aliphatic carboxylic acids is 1. The predicted octanol–water partition coefficient (Wildman–Crippen LogP) is 6.08. The Labute approximate surface area is 261 Å². The van der Waals surface area contributed by atoms with Gasteiger partial charge in [0, 0.05) is 17.8 Å². The van der Waals surface area contributed by atoms with Crippen LogP contribution in [-0.2, 0) is 25.4 Å². The van der Waals surface area contributed by atoms with Crippen molar-refractivity contribution in [3.8, 4) is 11.1 Å². The molecule has 0 saturated carbocycles. The average molecular weight is 619 g/mol. The number of carbonyl (C=O) groups is 4. The molecular weight excluding hydrogens is 580 g/mol. The largest absolute Gasteiger partial charge is 0.480 e. The number of carboxylic acids is 1. The molecule has 0 saturated heterocycles. The highest BCUT2D eigenvalue weighted by Gasteiger charge is 2.35. The number of imide groups is 1. The monoisotopic (exact) mass is 618 g/mol.